The van der Waals surface area contributed by atoms with Gasteiger partial charge in [0.25, 0.3) is 0 Å². The Balaban J connectivity index is 1.09. The topological polar surface area (TPSA) is 91.3 Å². The first-order valence-corrected chi connectivity index (χ1v) is 22.9. The molecule has 4 saturated heterocycles. The minimum absolute atomic E-state index is 0.0147. The van der Waals surface area contributed by atoms with Gasteiger partial charge in [-0.2, -0.15) is 26.3 Å². The molecule has 8 aliphatic rings. The number of allylic oxidation sites excluding steroid dienone is 2. The highest BCUT2D eigenvalue weighted by molar-refractivity contribution is 5.31. The SMILES string of the molecule is C[C@@H]1CC[C@H]2C(CN(CCN(CC3=C(C(F)(F)F)O[C@@H]4O[C@]5(C)CCC6[C@H](C)CC[C@@H]3[C@]64OO5)Cc3ccccc3)Cc3ccccc3)=C(C(F)(F)F)O[C@@H]3O[C@@H](C)CCC1[C@]32OO. The average molecular weight is 907 g/mol. The van der Waals surface area contributed by atoms with Crippen LogP contribution in [0.25, 0.3) is 0 Å². The lowest BCUT2D eigenvalue weighted by atomic mass is 9.59. The highest BCUT2D eigenvalue weighted by atomic mass is 19.4. The third-order valence-electron chi connectivity index (χ3n) is 15.6. The van der Waals surface area contributed by atoms with E-state index >= 15 is 26.3 Å². The van der Waals surface area contributed by atoms with Gasteiger partial charge in [-0.15, -0.1) is 0 Å². The zero-order valence-corrected chi connectivity index (χ0v) is 36.8. The molecule has 6 fully saturated rings. The number of rotatable bonds is 12. The zero-order chi connectivity index (χ0) is 45.2. The van der Waals surface area contributed by atoms with Crippen molar-refractivity contribution in [2.45, 2.75) is 140 Å². The molecule has 2 saturated carbocycles. The van der Waals surface area contributed by atoms with Gasteiger partial charge in [0.15, 0.2) is 11.2 Å². The predicted octanol–water partition coefficient (Wildman–Crippen LogP) is 10.3. The molecule has 0 aromatic heterocycles. The van der Waals surface area contributed by atoms with E-state index in [1.807, 2.05) is 77.4 Å². The Morgan fingerprint density at radius 1 is 0.641 bits per heavy atom. The van der Waals surface area contributed by atoms with Crippen LogP contribution in [0.2, 0.25) is 0 Å². The Hall–Kier alpha value is -3.22. The second-order valence-corrected chi connectivity index (χ2v) is 19.7. The maximum Gasteiger partial charge on any atom is 0.449 e. The number of hydrogen-bond donors (Lipinski definition) is 1. The highest BCUT2D eigenvalue weighted by Gasteiger charge is 2.70. The van der Waals surface area contributed by atoms with Crippen molar-refractivity contribution in [3.05, 3.63) is 94.5 Å². The van der Waals surface area contributed by atoms with Crippen molar-refractivity contribution in [2.75, 3.05) is 26.2 Å². The lowest BCUT2D eigenvalue weighted by Gasteiger charge is -2.57. The smallest absolute Gasteiger partial charge is 0.449 e. The van der Waals surface area contributed by atoms with E-state index in [-0.39, 0.29) is 74.1 Å². The van der Waals surface area contributed by atoms with Crippen LogP contribution in [-0.4, -0.2) is 89.3 Å². The van der Waals surface area contributed by atoms with Crippen molar-refractivity contribution >= 4 is 0 Å². The summed E-state index contributed by atoms with van der Waals surface area (Å²) >= 11 is 0. The van der Waals surface area contributed by atoms with Crippen LogP contribution in [-0.2, 0) is 46.7 Å². The summed E-state index contributed by atoms with van der Waals surface area (Å²) in [4.78, 5) is 21.4. The third kappa shape index (κ3) is 8.30. The molecule has 10 rings (SSSR count). The molecule has 10 nitrogen and oxygen atoms in total. The van der Waals surface area contributed by atoms with E-state index in [2.05, 4.69) is 6.92 Å². The summed E-state index contributed by atoms with van der Waals surface area (Å²) in [7, 11) is 0. The lowest BCUT2D eigenvalue weighted by Crippen LogP contribution is -2.67. The van der Waals surface area contributed by atoms with Gasteiger partial charge < -0.3 is 18.9 Å². The van der Waals surface area contributed by atoms with Crippen molar-refractivity contribution in [3.63, 3.8) is 0 Å². The molecule has 2 bridgehead atoms. The molecule has 16 heteroatoms. The largest absolute Gasteiger partial charge is 0.456 e. The first-order valence-electron chi connectivity index (χ1n) is 22.9. The van der Waals surface area contributed by atoms with Crippen LogP contribution < -0.4 is 0 Å². The van der Waals surface area contributed by atoms with Gasteiger partial charge in [0.1, 0.15) is 0 Å². The van der Waals surface area contributed by atoms with Gasteiger partial charge in [-0.05, 0) is 92.9 Å². The van der Waals surface area contributed by atoms with E-state index in [0.717, 1.165) is 11.1 Å². The molecule has 0 radical (unpaired) electrons. The van der Waals surface area contributed by atoms with Crippen molar-refractivity contribution in [2.24, 2.45) is 35.5 Å². The molecule has 2 aromatic carbocycles. The number of hydrogen-bond acceptors (Lipinski definition) is 10. The molecule has 0 amide bonds. The summed E-state index contributed by atoms with van der Waals surface area (Å²) in [6, 6.07) is 18.7. The average Bonchev–Trinajstić information content (AvgIpc) is 3.57. The predicted molar refractivity (Wildman–Crippen MR) is 220 cm³/mol. The summed E-state index contributed by atoms with van der Waals surface area (Å²) in [6.45, 7) is 7.97. The quantitative estimate of drug-likeness (QED) is 0.126. The maximum absolute atomic E-state index is 15.4. The van der Waals surface area contributed by atoms with Gasteiger partial charge in [-0.3, -0.25) is 15.1 Å². The molecule has 1 spiro atoms. The molecule has 12 atom stereocenters. The lowest BCUT2D eigenvalue weighted by molar-refractivity contribution is -0.557. The van der Waals surface area contributed by atoms with E-state index in [4.69, 9.17) is 33.6 Å². The van der Waals surface area contributed by atoms with E-state index < -0.39 is 71.4 Å². The molecule has 2 aromatic rings. The fourth-order valence-electron chi connectivity index (χ4n) is 12.5. The Kier molecular flexibility index (Phi) is 12.5. The van der Waals surface area contributed by atoms with Crippen LogP contribution in [0.5, 0.6) is 0 Å². The number of halogens is 6. The van der Waals surface area contributed by atoms with Gasteiger partial charge in [-0.1, -0.05) is 74.5 Å². The van der Waals surface area contributed by atoms with Crippen molar-refractivity contribution < 1.29 is 65.2 Å². The molecular weight excluding hydrogens is 847 g/mol. The first kappa shape index (κ1) is 45.9. The number of alkyl halides is 6. The second-order valence-electron chi connectivity index (χ2n) is 19.7. The van der Waals surface area contributed by atoms with Crippen molar-refractivity contribution in [3.8, 4) is 0 Å². The van der Waals surface area contributed by atoms with E-state index in [1.54, 1.807) is 13.8 Å². The highest BCUT2D eigenvalue weighted by Crippen LogP contribution is 2.62. The Morgan fingerprint density at radius 3 is 1.73 bits per heavy atom. The molecule has 352 valence electrons. The van der Waals surface area contributed by atoms with Gasteiger partial charge in [0, 0.05) is 69.4 Å². The fraction of sp³-hybridized carbons (Fsp3) is 0.667. The van der Waals surface area contributed by atoms with Crippen LogP contribution in [0, 0.1) is 35.5 Å². The maximum atomic E-state index is 15.4. The minimum Gasteiger partial charge on any atom is -0.456 e. The number of fused-ring (bicyclic) bond motifs is 2. The Bertz CT molecular complexity index is 1930. The number of ether oxygens (including phenoxy) is 4. The van der Waals surface area contributed by atoms with Crippen LogP contribution in [0.15, 0.2) is 83.3 Å². The summed E-state index contributed by atoms with van der Waals surface area (Å²) in [5.74, 6) is -5.57. The summed E-state index contributed by atoms with van der Waals surface area (Å²) < 4.78 is 116. The molecule has 64 heavy (non-hydrogen) atoms. The molecular formula is C48H60F6N2O8. The van der Waals surface area contributed by atoms with Crippen LogP contribution >= 0.6 is 0 Å². The fourth-order valence-corrected chi connectivity index (χ4v) is 12.5. The minimum atomic E-state index is -4.90. The Morgan fingerprint density at radius 2 is 1.17 bits per heavy atom. The third-order valence-corrected chi connectivity index (χ3v) is 15.6. The van der Waals surface area contributed by atoms with Crippen LogP contribution in [0.4, 0.5) is 26.3 Å². The van der Waals surface area contributed by atoms with E-state index in [9.17, 15) is 5.26 Å². The summed E-state index contributed by atoms with van der Waals surface area (Å²) in [5, 5.41) is 10.9. The molecule has 6 heterocycles. The van der Waals surface area contributed by atoms with Crippen LogP contribution in [0.1, 0.15) is 90.2 Å². The molecule has 6 aliphatic heterocycles. The molecule has 2 aliphatic carbocycles. The molecule has 1 N–H and O–H groups in total. The standard InChI is InChI=1S/C48H60F6N2O8/c1-29-15-18-38-34(40(47(49,50)51)59-42-45(38,62-57)36(29)20-17-31(3)58-42)27-55(25-32-11-7-5-8-12-32)23-24-56(26-33-13-9-6-10-14-33)28-35-39-19-16-30(2)37-21-22-44(4)61-43(46(37,39)64-63-44)60-41(35)48(52,53)54/h5-14,29-31,36-39,42-43,57H,15-28H2,1-4H3/t29-,30-,31+,36?,37?,38+,39+,42+,43-,44+,45-,46-/m1/s1. The van der Waals surface area contributed by atoms with Crippen molar-refractivity contribution in [1.82, 2.24) is 9.80 Å². The van der Waals surface area contributed by atoms with E-state index in [0.29, 0.717) is 51.4 Å². The summed E-state index contributed by atoms with van der Waals surface area (Å²) in [5.41, 5.74) is -1.20. The van der Waals surface area contributed by atoms with Crippen molar-refractivity contribution in [1.29, 1.82) is 0 Å². The van der Waals surface area contributed by atoms with Gasteiger partial charge >= 0.3 is 12.4 Å². The molecule has 2 unspecified atom stereocenters. The monoisotopic (exact) mass is 906 g/mol. The number of nitrogens with zero attached hydrogens (tertiary/aromatic N) is 2. The number of benzene rings is 2. The summed E-state index contributed by atoms with van der Waals surface area (Å²) in [6.07, 6.45) is -8.84. The first-order chi connectivity index (χ1) is 30.4. The van der Waals surface area contributed by atoms with Gasteiger partial charge in [0.05, 0.1) is 6.10 Å². The Labute approximate surface area is 370 Å². The van der Waals surface area contributed by atoms with Gasteiger partial charge in [0.2, 0.25) is 29.9 Å². The van der Waals surface area contributed by atoms with E-state index in [1.165, 1.54) is 0 Å². The van der Waals surface area contributed by atoms with Crippen LogP contribution in [0.3, 0.4) is 0 Å². The zero-order valence-electron chi connectivity index (χ0n) is 36.8. The normalized spacial score (nSPS) is 37.4. The van der Waals surface area contributed by atoms with Gasteiger partial charge in [-0.25, -0.2) is 14.7 Å². The second kappa shape index (κ2) is 17.5.